The van der Waals surface area contributed by atoms with Gasteiger partial charge in [0.2, 0.25) is 0 Å². The molecule has 1 aliphatic heterocycles. The quantitative estimate of drug-likeness (QED) is 0.434. The summed E-state index contributed by atoms with van der Waals surface area (Å²) in [6.07, 6.45) is 8.33. The Morgan fingerprint density at radius 3 is 2.70 bits per heavy atom. The van der Waals surface area contributed by atoms with Gasteiger partial charge in [-0.2, -0.15) is 0 Å². The molecule has 0 N–H and O–H groups in total. The van der Waals surface area contributed by atoms with Crippen LogP contribution < -0.4 is 5.56 Å². The lowest BCUT2D eigenvalue weighted by Gasteiger charge is -2.11. The van der Waals surface area contributed by atoms with Crippen molar-refractivity contribution in [2.45, 2.75) is 64.6 Å². The van der Waals surface area contributed by atoms with Gasteiger partial charge in [0.05, 0.1) is 30.0 Å². The molecule has 4 heterocycles. The second kappa shape index (κ2) is 8.14. The highest BCUT2D eigenvalue weighted by atomic mass is 16.5. The Morgan fingerprint density at radius 1 is 1.10 bits per heavy atom. The average Bonchev–Trinajstić information content (AvgIpc) is 3.38. The summed E-state index contributed by atoms with van der Waals surface area (Å²) in [5.74, 6) is 0. The van der Waals surface area contributed by atoms with E-state index in [1.807, 2.05) is 24.3 Å². The first-order chi connectivity index (χ1) is 14.8. The Hall–Kier alpha value is -2.80. The van der Waals surface area contributed by atoms with Gasteiger partial charge in [0, 0.05) is 13.2 Å². The van der Waals surface area contributed by atoms with Crippen molar-refractivity contribution < 1.29 is 4.74 Å². The molecule has 0 radical (unpaired) electrons. The normalized spacial score (nSPS) is 16.9. The molecule has 156 valence electrons. The summed E-state index contributed by atoms with van der Waals surface area (Å²) in [6, 6.07) is 7.81. The molecule has 1 atom stereocenters. The fourth-order valence-electron chi connectivity index (χ4n) is 4.39. The molecule has 0 spiro atoms. The minimum Gasteiger partial charge on any atom is -0.376 e. The number of hydrogen-bond donors (Lipinski definition) is 0. The van der Waals surface area contributed by atoms with Gasteiger partial charge in [0.15, 0.2) is 11.3 Å². The molecular weight excluding hydrogens is 378 g/mol. The molecule has 3 aromatic heterocycles. The smallest absolute Gasteiger partial charge is 0.265 e. The summed E-state index contributed by atoms with van der Waals surface area (Å²) < 4.78 is 9.49. The maximum Gasteiger partial charge on any atom is 0.265 e. The van der Waals surface area contributed by atoms with Gasteiger partial charge in [0.25, 0.3) is 5.56 Å². The summed E-state index contributed by atoms with van der Waals surface area (Å²) in [6.45, 7) is 4.29. The molecule has 0 saturated carbocycles. The molecule has 0 amide bonds. The molecule has 1 aliphatic rings. The Kier molecular flexibility index (Phi) is 5.21. The van der Waals surface area contributed by atoms with Gasteiger partial charge >= 0.3 is 0 Å². The van der Waals surface area contributed by atoms with Crippen LogP contribution in [0.5, 0.6) is 0 Å². The van der Waals surface area contributed by atoms with E-state index in [1.165, 1.54) is 12.8 Å². The van der Waals surface area contributed by atoms with Crippen molar-refractivity contribution in [2.24, 2.45) is 0 Å². The van der Waals surface area contributed by atoms with Gasteiger partial charge in [-0.3, -0.25) is 9.36 Å². The fourth-order valence-corrected chi connectivity index (χ4v) is 4.39. The zero-order chi connectivity index (χ0) is 20.5. The van der Waals surface area contributed by atoms with E-state index in [0.29, 0.717) is 23.1 Å². The zero-order valence-electron chi connectivity index (χ0n) is 17.4. The molecule has 1 aromatic carbocycles. The number of nitrogens with zero attached hydrogens (tertiary/aromatic N) is 5. The van der Waals surface area contributed by atoms with E-state index in [-0.39, 0.29) is 11.7 Å². The van der Waals surface area contributed by atoms with E-state index >= 15 is 0 Å². The number of rotatable bonds is 7. The number of aromatic nitrogens is 5. The van der Waals surface area contributed by atoms with Crippen LogP contribution in [0.15, 0.2) is 35.4 Å². The highest BCUT2D eigenvalue weighted by Crippen LogP contribution is 2.25. The van der Waals surface area contributed by atoms with Crippen molar-refractivity contribution in [1.29, 1.82) is 0 Å². The predicted molar refractivity (Wildman–Crippen MR) is 118 cm³/mol. The lowest BCUT2D eigenvalue weighted by molar-refractivity contribution is 0.0960. The topological polar surface area (TPSA) is 74.8 Å². The molecule has 1 fully saturated rings. The molecule has 7 heteroatoms. The van der Waals surface area contributed by atoms with Crippen LogP contribution >= 0.6 is 0 Å². The minimum atomic E-state index is -0.0580. The summed E-state index contributed by atoms with van der Waals surface area (Å²) in [5.41, 5.74) is 3.66. The number of unbranched alkanes of at least 4 members (excludes halogenated alkanes) is 3. The third-order valence-corrected chi connectivity index (χ3v) is 5.98. The van der Waals surface area contributed by atoms with Gasteiger partial charge in [-0.25, -0.2) is 15.0 Å². The lowest BCUT2D eigenvalue weighted by Crippen LogP contribution is -2.26. The molecule has 1 saturated heterocycles. The first-order valence-electron chi connectivity index (χ1n) is 11.0. The Bertz CT molecular complexity index is 1250. The van der Waals surface area contributed by atoms with E-state index in [2.05, 4.69) is 11.5 Å². The van der Waals surface area contributed by atoms with E-state index in [1.54, 1.807) is 10.9 Å². The summed E-state index contributed by atoms with van der Waals surface area (Å²) in [7, 11) is 0. The predicted octanol–water partition coefficient (Wildman–Crippen LogP) is 4.05. The number of fused-ring (bicyclic) bond motifs is 4. The Balaban J connectivity index is 1.68. The average molecular weight is 406 g/mol. The zero-order valence-corrected chi connectivity index (χ0v) is 17.4. The van der Waals surface area contributed by atoms with E-state index in [9.17, 15) is 4.79 Å². The highest BCUT2D eigenvalue weighted by molar-refractivity contribution is 6.04. The molecule has 0 unspecified atom stereocenters. The second-order valence-corrected chi connectivity index (χ2v) is 8.13. The van der Waals surface area contributed by atoms with E-state index in [4.69, 9.17) is 19.7 Å². The highest BCUT2D eigenvalue weighted by Gasteiger charge is 2.22. The number of benzene rings is 1. The van der Waals surface area contributed by atoms with Gasteiger partial charge in [-0.05, 0) is 31.4 Å². The fraction of sp³-hybridized carbons (Fsp3) is 0.478. The summed E-state index contributed by atoms with van der Waals surface area (Å²) >= 11 is 0. The lowest BCUT2D eigenvalue weighted by atomic mass is 10.2. The van der Waals surface area contributed by atoms with Crippen LogP contribution in [0.2, 0.25) is 0 Å². The molecule has 7 nitrogen and oxygen atoms in total. The summed E-state index contributed by atoms with van der Waals surface area (Å²) in [4.78, 5) is 27.9. The maximum absolute atomic E-state index is 13.4. The number of hydrogen-bond acceptors (Lipinski definition) is 5. The Labute approximate surface area is 174 Å². The molecule has 0 aliphatic carbocycles. The van der Waals surface area contributed by atoms with Crippen LogP contribution in [0, 0.1) is 0 Å². The molecule has 5 rings (SSSR count). The molecule has 30 heavy (non-hydrogen) atoms. The minimum absolute atomic E-state index is 0.0580. The van der Waals surface area contributed by atoms with Crippen LogP contribution in [-0.4, -0.2) is 36.8 Å². The summed E-state index contributed by atoms with van der Waals surface area (Å²) in [5, 5.41) is 0.569. The first-order valence-corrected chi connectivity index (χ1v) is 11.0. The van der Waals surface area contributed by atoms with Gasteiger partial charge < -0.3 is 9.30 Å². The largest absolute Gasteiger partial charge is 0.376 e. The van der Waals surface area contributed by atoms with Crippen LogP contribution in [-0.2, 0) is 17.8 Å². The molecular formula is C23H27N5O2. The van der Waals surface area contributed by atoms with Crippen molar-refractivity contribution in [3.8, 4) is 0 Å². The number of para-hydroxylation sites is 2. The van der Waals surface area contributed by atoms with Crippen molar-refractivity contribution in [3.63, 3.8) is 0 Å². The second-order valence-electron chi connectivity index (χ2n) is 8.13. The van der Waals surface area contributed by atoms with Gasteiger partial charge in [-0.15, -0.1) is 0 Å². The molecule has 4 aromatic rings. The third-order valence-electron chi connectivity index (χ3n) is 5.98. The van der Waals surface area contributed by atoms with E-state index < -0.39 is 0 Å². The van der Waals surface area contributed by atoms with E-state index in [0.717, 1.165) is 55.5 Å². The van der Waals surface area contributed by atoms with Crippen molar-refractivity contribution in [2.75, 3.05) is 6.61 Å². The number of aryl methyl sites for hydroxylation is 1. The Morgan fingerprint density at radius 2 is 1.93 bits per heavy atom. The van der Waals surface area contributed by atoms with Crippen LogP contribution in [0.25, 0.3) is 33.2 Å². The van der Waals surface area contributed by atoms with Crippen molar-refractivity contribution in [1.82, 2.24) is 24.1 Å². The standard InChI is InChI=1S/C23H27N5O2/c1-2-3-4-7-12-28-21-19(20-22(28)26-18-11-6-5-10-17(18)25-20)23(29)27(15-24-21)14-16-9-8-13-30-16/h5-6,10-11,15-16H,2-4,7-9,12-14H2,1H3/t16-/m1/s1. The van der Waals surface area contributed by atoms with Crippen molar-refractivity contribution >= 4 is 33.2 Å². The van der Waals surface area contributed by atoms with Crippen molar-refractivity contribution in [3.05, 3.63) is 40.9 Å². The number of ether oxygens (including phenoxy) is 1. The van der Waals surface area contributed by atoms with Crippen LogP contribution in [0.3, 0.4) is 0 Å². The van der Waals surface area contributed by atoms with Gasteiger partial charge in [0.1, 0.15) is 10.9 Å². The monoisotopic (exact) mass is 405 g/mol. The molecule has 0 bridgehead atoms. The first kappa shape index (κ1) is 19.2. The maximum atomic E-state index is 13.4. The van der Waals surface area contributed by atoms with Crippen LogP contribution in [0.1, 0.15) is 45.4 Å². The van der Waals surface area contributed by atoms with Crippen LogP contribution in [0.4, 0.5) is 0 Å². The SMILES string of the molecule is CCCCCCn1c2nc3ccccc3nc2c2c(=O)n(C[C@H]3CCCO3)cnc21. The third kappa shape index (κ3) is 3.37. The van der Waals surface area contributed by atoms with Gasteiger partial charge in [-0.1, -0.05) is 38.3 Å².